The maximum Gasteiger partial charge on any atom is 0.0731 e. The molecule has 1 aromatic rings. The minimum atomic E-state index is 0.415. The Hall–Kier alpha value is -0.120. The zero-order valence-electron chi connectivity index (χ0n) is 11.3. The fourth-order valence-electron chi connectivity index (χ4n) is 2.61. The van der Waals surface area contributed by atoms with Crippen LogP contribution in [0.15, 0.2) is 21.5 Å². The summed E-state index contributed by atoms with van der Waals surface area (Å²) in [5, 5.41) is 3.50. The number of hydrogen-bond donors (Lipinski definition) is 1. The van der Waals surface area contributed by atoms with Crippen molar-refractivity contribution in [3.05, 3.63) is 31.9 Å². The van der Waals surface area contributed by atoms with Gasteiger partial charge in [-0.15, -0.1) is 11.3 Å². The minimum Gasteiger partial charge on any atom is -0.309 e. The molecule has 0 aliphatic heterocycles. The van der Waals surface area contributed by atoms with Gasteiger partial charge in [0.05, 0.1) is 9.83 Å². The first-order valence-corrected chi connectivity index (χ1v) is 8.45. The van der Waals surface area contributed by atoms with Crippen molar-refractivity contribution < 1.29 is 0 Å². The van der Waals surface area contributed by atoms with Gasteiger partial charge in [0.25, 0.3) is 0 Å². The molecule has 1 nitrogen and oxygen atoms in total. The zero-order valence-corrected chi connectivity index (χ0v) is 13.7. The lowest BCUT2D eigenvalue weighted by Crippen LogP contribution is -2.18. The van der Waals surface area contributed by atoms with Crippen molar-refractivity contribution >= 4 is 27.3 Å². The van der Waals surface area contributed by atoms with E-state index < -0.39 is 0 Å². The van der Waals surface area contributed by atoms with E-state index in [4.69, 9.17) is 0 Å². The molecule has 2 rings (SSSR count). The highest BCUT2D eigenvalue weighted by molar-refractivity contribution is 9.11. The van der Waals surface area contributed by atoms with Gasteiger partial charge >= 0.3 is 0 Å². The van der Waals surface area contributed by atoms with Gasteiger partial charge in [0.15, 0.2) is 0 Å². The number of thiophene rings is 1. The molecule has 0 saturated carbocycles. The highest BCUT2D eigenvalue weighted by Gasteiger charge is 2.18. The summed E-state index contributed by atoms with van der Waals surface area (Å²) < 4.78 is 1.27. The number of halogens is 1. The lowest BCUT2D eigenvalue weighted by molar-refractivity contribution is 0.577. The van der Waals surface area contributed by atoms with Gasteiger partial charge in [0.2, 0.25) is 0 Å². The summed E-state index contributed by atoms with van der Waals surface area (Å²) in [5.74, 6) is 0. The topological polar surface area (TPSA) is 12.0 Å². The Bertz CT molecular complexity index is 403. The summed E-state index contributed by atoms with van der Waals surface area (Å²) in [6, 6.07) is 2.73. The van der Waals surface area contributed by atoms with Crippen LogP contribution >= 0.6 is 27.3 Å². The minimum absolute atomic E-state index is 0.415. The summed E-state index contributed by atoms with van der Waals surface area (Å²) in [7, 11) is 2.08. The molecule has 0 bridgehead atoms. The average molecular weight is 328 g/mol. The number of allylic oxidation sites excluding steroid dienone is 1. The Labute approximate surface area is 123 Å². The van der Waals surface area contributed by atoms with Gasteiger partial charge in [-0.05, 0) is 67.2 Å². The smallest absolute Gasteiger partial charge is 0.0731 e. The second-order valence-corrected chi connectivity index (χ2v) is 7.46. The molecule has 18 heavy (non-hydrogen) atoms. The van der Waals surface area contributed by atoms with Crippen molar-refractivity contribution in [3.8, 4) is 0 Å². The molecule has 0 radical (unpaired) electrons. The van der Waals surface area contributed by atoms with Crippen LogP contribution in [0.3, 0.4) is 0 Å². The first-order valence-electron chi connectivity index (χ1n) is 6.84. The molecule has 100 valence electrons. The normalized spacial score (nSPS) is 18.9. The average Bonchev–Trinajstić information content (AvgIpc) is 2.62. The first kappa shape index (κ1) is 14.3. The number of rotatable bonds is 3. The van der Waals surface area contributed by atoms with Gasteiger partial charge in [-0.1, -0.05) is 24.5 Å². The van der Waals surface area contributed by atoms with Crippen molar-refractivity contribution in [2.75, 3.05) is 7.05 Å². The Morgan fingerprint density at radius 3 is 2.72 bits per heavy atom. The molecule has 0 fully saturated rings. The van der Waals surface area contributed by atoms with Crippen molar-refractivity contribution in [2.24, 2.45) is 0 Å². The molecule has 3 heteroatoms. The molecule has 1 heterocycles. The maximum absolute atomic E-state index is 3.64. The van der Waals surface area contributed by atoms with Crippen LogP contribution in [0.1, 0.15) is 55.0 Å². The molecule has 0 spiro atoms. The number of aryl methyl sites for hydroxylation is 1. The third-order valence-electron chi connectivity index (χ3n) is 3.65. The third kappa shape index (κ3) is 3.46. The van der Waals surface area contributed by atoms with Crippen molar-refractivity contribution in [1.29, 1.82) is 0 Å². The van der Waals surface area contributed by atoms with Crippen LogP contribution in [0, 0.1) is 6.92 Å². The van der Waals surface area contributed by atoms with Crippen LogP contribution < -0.4 is 5.32 Å². The van der Waals surface area contributed by atoms with E-state index >= 15 is 0 Å². The number of likely N-dealkylation sites (N-methyl/N-ethyl adjacent to an activating group) is 1. The predicted molar refractivity (Wildman–Crippen MR) is 84.3 cm³/mol. The molecule has 0 amide bonds. The highest BCUT2D eigenvalue weighted by Crippen LogP contribution is 2.36. The summed E-state index contributed by atoms with van der Waals surface area (Å²) in [5.41, 5.74) is 2.94. The Morgan fingerprint density at radius 1 is 1.28 bits per heavy atom. The van der Waals surface area contributed by atoms with E-state index in [1.54, 1.807) is 5.57 Å². The SMILES string of the molecule is CNC(C1=CCCCCCC1)c1cc(C)c(Br)s1. The van der Waals surface area contributed by atoms with Gasteiger partial charge < -0.3 is 5.32 Å². The Balaban J connectivity index is 2.20. The lowest BCUT2D eigenvalue weighted by Gasteiger charge is -2.20. The Morgan fingerprint density at radius 2 is 2.06 bits per heavy atom. The van der Waals surface area contributed by atoms with E-state index in [1.165, 1.54) is 52.8 Å². The molecule has 1 aliphatic rings. The van der Waals surface area contributed by atoms with E-state index in [2.05, 4.69) is 47.4 Å². The molecular formula is C15H22BrNS. The zero-order chi connectivity index (χ0) is 13.0. The third-order valence-corrected chi connectivity index (χ3v) is 5.85. The van der Waals surface area contributed by atoms with Crippen LogP contribution in [0.4, 0.5) is 0 Å². The van der Waals surface area contributed by atoms with E-state index in [1.807, 2.05) is 11.3 Å². The van der Waals surface area contributed by atoms with Crippen molar-refractivity contribution in [1.82, 2.24) is 5.32 Å². The first-order chi connectivity index (χ1) is 8.72. The van der Waals surface area contributed by atoms with Gasteiger partial charge in [-0.25, -0.2) is 0 Å². The molecule has 1 aromatic heterocycles. The largest absolute Gasteiger partial charge is 0.309 e. The summed E-state index contributed by atoms with van der Waals surface area (Å²) in [6.07, 6.45) is 10.5. The van der Waals surface area contributed by atoms with E-state index in [0.29, 0.717) is 6.04 Å². The second-order valence-electron chi connectivity index (χ2n) is 5.06. The van der Waals surface area contributed by atoms with Gasteiger partial charge in [-0.2, -0.15) is 0 Å². The quantitative estimate of drug-likeness (QED) is 0.737. The van der Waals surface area contributed by atoms with Crippen LogP contribution in [0.25, 0.3) is 0 Å². The van der Waals surface area contributed by atoms with E-state index in [9.17, 15) is 0 Å². The van der Waals surface area contributed by atoms with Crippen LogP contribution in [0.2, 0.25) is 0 Å². The molecule has 1 atom stereocenters. The monoisotopic (exact) mass is 327 g/mol. The van der Waals surface area contributed by atoms with Gasteiger partial charge in [-0.3, -0.25) is 0 Å². The number of hydrogen-bond acceptors (Lipinski definition) is 2. The standard InChI is InChI=1S/C15H22BrNS/c1-11-10-13(18-15(11)16)14(17-2)12-8-6-4-3-5-7-9-12/h8,10,14,17H,3-7,9H2,1-2H3. The molecular weight excluding hydrogens is 306 g/mol. The van der Waals surface area contributed by atoms with Crippen molar-refractivity contribution in [2.45, 2.75) is 51.5 Å². The summed E-state index contributed by atoms with van der Waals surface area (Å²) in [4.78, 5) is 1.44. The molecule has 1 N–H and O–H groups in total. The Kier molecular flexibility index (Phi) is 5.46. The van der Waals surface area contributed by atoms with Gasteiger partial charge in [0.1, 0.15) is 0 Å². The maximum atomic E-state index is 3.64. The second kappa shape index (κ2) is 6.88. The molecule has 0 saturated heterocycles. The van der Waals surface area contributed by atoms with Gasteiger partial charge in [0, 0.05) is 4.88 Å². The molecule has 1 aliphatic carbocycles. The van der Waals surface area contributed by atoms with Crippen LogP contribution in [-0.4, -0.2) is 7.05 Å². The predicted octanol–water partition coefficient (Wildman–Crippen LogP) is 5.36. The summed E-state index contributed by atoms with van der Waals surface area (Å²) >= 11 is 5.50. The number of nitrogens with one attached hydrogen (secondary N) is 1. The molecule has 1 unspecified atom stereocenters. The van der Waals surface area contributed by atoms with Crippen LogP contribution in [0.5, 0.6) is 0 Å². The fourth-order valence-corrected chi connectivity index (χ4v) is 4.34. The van der Waals surface area contributed by atoms with E-state index in [0.717, 1.165) is 0 Å². The van der Waals surface area contributed by atoms with Crippen molar-refractivity contribution in [3.63, 3.8) is 0 Å². The lowest BCUT2D eigenvalue weighted by atomic mass is 9.94. The van der Waals surface area contributed by atoms with E-state index in [-0.39, 0.29) is 0 Å². The molecule has 0 aromatic carbocycles. The van der Waals surface area contributed by atoms with Crippen LogP contribution in [-0.2, 0) is 0 Å². The fraction of sp³-hybridized carbons (Fsp3) is 0.600. The summed E-state index contributed by atoms with van der Waals surface area (Å²) in [6.45, 7) is 2.17. The highest BCUT2D eigenvalue weighted by atomic mass is 79.9.